The second-order valence-corrected chi connectivity index (χ2v) is 9.61. The van der Waals surface area contributed by atoms with Crippen LogP contribution in [0.3, 0.4) is 0 Å². The molecule has 0 saturated heterocycles. The molecule has 0 aliphatic rings. The van der Waals surface area contributed by atoms with Crippen molar-refractivity contribution < 1.29 is 14.3 Å². The van der Waals surface area contributed by atoms with E-state index in [1.807, 2.05) is 30.3 Å². The molecule has 0 unspecified atom stereocenters. The number of nitrogens with one attached hydrogen (secondary N) is 2. The van der Waals surface area contributed by atoms with Crippen LogP contribution in [-0.2, 0) is 9.53 Å². The van der Waals surface area contributed by atoms with Crippen LogP contribution in [0.25, 0.3) is 0 Å². The summed E-state index contributed by atoms with van der Waals surface area (Å²) in [5, 5.41) is 5.85. The van der Waals surface area contributed by atoms with Gasteiger partial charge in [0.1, 0.15) is 11.6 Å². The van der Waals surface area contributed by atoms with Gasteiger partial charge in [0.15, 0.2) is 0 Å². The third kappa shape index (κ3) is 8.94. The number of hydrogen-bond acceptors (Lipinski definition) is 3. The summed E-state index contributed by atoms with van der Waals surface area (Å²) in [7, 11) is 0. The van der Waals surface area contributed by atoms with Gasteiger partial charge < -0.3 is 15.4 Å². The van der Waals surface area contributed by atoms with Crippen molar-refractivity contribution in [2.24, 2.45) is 11.3 Å². The summed E-state index contributed by atoms with van der Waals surface area (Å²) in [5.74, 6) is 0.0566. The summed E-state index contributed by atoms with van der Waals surface area (Å²) < 4.78 is 5.34. The number of carbonyl (C=O) groups is 2. The Hall–Kier alpha value is -2.04. The first-order valence-electron chi connectivity index (χ1n) is 9.63. The number of alkyl carbamates (subject to hydrolysis) is 1. The molecule has 0 spiro atoms. The maximum atomic E-state index is 13.1. The Morgan fingerprint density at radius 1 is 0.963 bits per heavy atom. The molecule has 2 N–H and O–H groups in total. The third-order valence-electron chi connectivity index (χ3n) is 4.02. The largest absolute Gasteiger partial charge is 0.444 e. The van der Waals surface area contributed by atoms with Gasteiger partial charge in [0.05, 0.1) is 0 Å². The van der Waals surface area contributed by atoms with E-state index in [1.54, 1.807) is 20.8 Å². The minimum Gasteiger partial charge on any atom is -0.444 e. The highest BCUT2D eigenvalue weighted by Crippen LogP contribution is 2.25. The second-order valence-electron chi connectivity index (χ2n) is 9.61. The first-order valence-corrected chi connectivity index (χ1v) is 9.63. The molecular formula is C22H36N2O3. The van der Waals surface area contributed by atoms with Gasteiger partial charge in [0.25, 0.3) is 0 Å². The number of carbonyl (C=O) groups excluding carboxylic acids is 2. The van der Waals surface area contributed by atoms with Crippen molar-refractivity contribution in [2.75, 3.05) is 0 Å². The second kappa shape index (κ2) is 9.25. The molecule has 152 valence electrons. The van der Waals surface area contributed by atoms with E-state index in [0.29, 0.717) is 0 Å². The molecule has 1 aromatic rings. The topological polar surface area (TPSA) is 67.4 Å². The molecule has 0 heterocycles. The summed E-state index contributed by atoms with van der Waals surface area (Å²) in [6.45, 7) is 16.0. The molecule has 0 radical (unpaired) electrons. The zero-order chi connectivity index (χ0) is 20.8. The molecule has 1 aromatic carbocycles. The van der Waals surface area contributed by atoms with Crippen molar-refractivity contribution in [3.05, 3.63) is 35.9 Å². The van der Waals surface area contributed by atoms with Crippen LogP contribution < -0.4 is 10.6 Å². The smallest absolute Gasteiger partial charge is 0.408 e. The Labute approximate surface area is 164 Å². The summed E-state index contributed by atoms with van der Waals surface area (Å²) in [4.78, 5) is 25.3. The molecule has 5 nitrogen and oxygen atoms in total. The van der Waals surface area contributed by atoms with Gasteiger partial charge in [0, 0.05) is 6.04 Å². The molecule has 27 heavy (non-hydrogen) atoms. The third-order valence-corrected chi connectivity index (χ3v) is 4.02. The number of benzene rings is 1. The van der Waals surface area contributed by atoms with Gasteiger partial charge in [-0.25, -0.2) is 4.79 Å². The van der Waals surface area contributed by atoms with Crippen LogP contribution in [0.15, 0.2) is 30.3 Å². The van der Waals surface area contributed by atoms with Crippen molar-refractivity contribution in [3.8, 4) is 0 Å². The predicted molar refractivity (Wildman–Crippen MR) is 109 cm³/mol. The number of hydrogen-bond donors (Lipinski definition) is 2. The van der Waals surface area contributed by atoms with E-state index in [-0.39, 0.29) is 23.3 Å². The lowest BCUT2D eigenvalue weighted by atomic mass is 9.84. The lowest BCUT2D eigenvalue weighted by Crippen LogP contribution is -2.48. The van der Waals surface area contributed by atoms with Gasteiger partial charge in [-0.3, -0.25) is 4.79 Å². The van der Waals surface area contributed by atoms with Gasteiger partial charge in [-0.1, -0.05) is 65.0 Å². The van der Waals surface area contributed by atoms with Gasteiger partial charge in [-0.05, 0) is 44.1 Å². The normalized spacial score (nSPS) is 14.4. The molecule has 2 atom stereocenters. The molecule has 0 aliphatic carbocycles. The molecule has 1 rings (SSSR count). The Morgan fingerprint density at radius 2 is 1.52 bits per heavy atom. The average Bonchev–Trinajstić information content (AvgIpc) is 2.49. The summed E-state index contributed by atoms with van der Waals surface area (Å²) in [5.41, 5.74) is 0.177. The van der Waals surface area contributed by atoms with Crippen LogP contribution in [0.5, 0.6) is 0 Å². The Balaban J connectivity index is 3.00. The van der Waals surface area contributed by atoms with Gasteiger partial charge in [-0.2, -0.15) is 0 Å². The Kier molecular flexibility index (Phi) is 7.88. The summed E-state index contributed by atoms with van der Waals surface area (Å²) in [6.07, 6.45) is 0.244. The lowest BCUT2D eigenvalue weighted by molar-refractivity contribution is -0.124. The van der Waals surface area contributed by atoms with Crippen molar-refractivity contribution >= 4 is 12.0 Å². The van der Waals surface area contributed by atoms with E-state index >= 15 is 0 Å². The van der Waals surface area contributed by atoms with E-state index in [2.05, 4.69) is 45.3 Å². The molecule has 2 amide bonds. The summed E-state index contributed by atoms with van der Waals surface area (Å²) >= 11 is 0. The standard InChI is InChI=1S/C22H36N2O3/c1-15(2)17(14-21(3,4)5)23-19(25)18(16-12-10-9-11-13-16)24-20(26)27-22(6,7)8/h9-13,15,17-18H,14H2,1-8H3,(H,23,25)(H,24,26)/t17-,18-/m1/s1. The molecule has 0 aliphatic heterocycles. The fourth-order valence-electron chi connectivity index (χ4n) is 2.75. The number of ether oxygens (including phenoxy) is 1. The lowest BCUT2D eigenvalue weighted by Gasteiger charge is -2.31. The molecule has 0 aromatic heterocycles. The van der Waals surface area contributed by atoms with Gasteiger partial charge in [0.2, 0.25) is 5.91 Å². The van der Waals surface area contributed by atoms with Crippen LogP contribution in [0.2, 0.25) is 0 Å². The molecule has 5 heteroatoms. The first kappa shape index (κ1) is 23.0. The maximum Gasteiger partial charge on any atom is 0.408 e. The van der Waals surface area contributed by atoms with E-state index in [4.69, 9.17) is 4.74 Å². The molecule has 0 saturated carbocycles. The van der Waals surface area contributed by atoms with Crippen LogP contribution in [0, 0.1) is 11.3 Å². The maximum absolute atomic E-state index is 13.1. The van der Waals surface area contributed by atoms with Crippen LogP contribution in [0.1, 0.15) is 73.4 Å². The van der Waals surface area contributed by atoms with Gasteiger partial charge >= 0.3 is 6.09 Å². The van der Waals surface area contributed by atoms with Crippen molar-refractivity contribution in [1.29, 1.82) is 0 Å². The van der Waals surface area contributed by atoms with E-state index in [9.17, 15) is 9.59 Å². The fourth-order valence-corrected chi connectivity index (χ4v) is 2.75. The van der Waals surface area contributed by atoms with Crippen molar-refractivity contribution in [2.45, 2.75) is 79.5 Å². The minimum atomic E-state index is -0.803. The number of amides is 2. The van der Waals surface area contributed by atoms with Gasteiger partial charge in [-0.15, -0.1) is 0 Å². The molecule has 0 fully saturated rings. The van der Waals surface area contributed by atoms with E-state index in [1.165, 1.54) is 0 Å². The SMILES string of the molecule is CC(C)[C@@H](CC(C)(C)C)NC(=O)[C@H](NC(=O)OC(C)(C)C)c1ccccc1. The predicted octanol–water partition coefficient (Wildman–Crippen LogP) is 4.83. The zero-order valence-corrected chi connectivity index (χ0v) is 18.1. The van der Waals surface area contributed by atoms with Crippen LogP contribution >= 0.6 is 0 Å². The van der Waals surface area contributed by atoms with E-state index in [0.717, 1.165) is 12.0 Å². The fraction of sp³-hybridized carbons (Fsp3) is 0.636. The zero-order valence-electron chi connectivity index (χ0n) is 18.1. The average molecular weight is 377 g/mol. The van der Waals surface area contributed by atoms with Crippen molar-refractivity contribution in [1.82, 2.24) is 10.6 Å². The molecular weight excluding hydrogens is 340 g/mol. The van der Waals surface area contributed by atoms with Crippen LogP contribution in [-0.4, -0.2) is 23.6 Å². The quantitative estimate of drug-likeness (QED) is 0.747. The highest BCUT2D eigenvalue weighted by molar-refractivity contribution is 5.87. The summed E-state index contributed by atoms with van der Waals surface area (Å²) in [6, 6.07) is 8.45. The highest BCUT2D eigenvalue weighted by atomic mass is 16.6. The Bertz CT molecular complexity index is 613. The number of rotatable bonds is 6. The Morgan fingerprint density at radius 3 is 1.96 bits per heavy atom. The van der Waals surface area contributed by atoms with Crippen molar-refractivity contribution in [3.63, 3.8) is 0 Å². The first-order chi connectivity index (χ1) is 12.3. The minimum absolute atomic E-state index is 0.0177. The highest BCUT2D eigenvalue weighted by Gasteiger charge is 2.29. The molecule has 0 bridgehead atoms. The monoisotopic (exact) mass is 376 g/mol. The van der Waals surface area contributed by atoms with E-state index < -0.39 is 17.7 Å². The van der Waals surface area contributed by atoms with Crippen LogP contribution in [0.4, 0.5) is 4.79 Å².